The molecule has 34 valence electrons. The second-order valence-corrected chi connectivity index (χ2v) is 0.779. The summed E-state index contributed by atoms with van der Waals surface area (Å²) >= 11 is 0. The Labute approximate surface area is 36.3 Å². The Kier molecular flexibility index (Phi) is 3.98. The summed E-state index contributed by atoms with van der Waals surface area (Å²) in [5.74, 6) is 4.56. The molecule has 0 aromatic heterocycles. The van der Waals surface area contributed by atoms with Gasteiger partial charge >= 0.3 is 0 Å². The number of nitriles is 1. The van der Waals surface area contributed by atoms with Crippen molar-refractivity contribution in [1.29, 1.82) is 5.26 Å². The van der Waals surface area contributed by atoms with Crippen molar-refractivity contribution in [3.63, 3.8) is 0 Å². The molecule has 0 atom stereocenters. The van der Waals surface area contributed by atoms with Crippen molar-refractivity contribution in [2.75, 3.05) is 6.61 Å². The van der Waals surface area contributed by atoms with E-state index in [1.54, 1.807) is 0 Å². The quantitative estimate of drug-likeness (QED) is 0.373. The molecule has 0 bridgehead atoms. The monoisotopic (exact) mass is 86.0 g/mol. The molecule has 0 unspecified atom stereocenters. The maximum atomic E-state index is 7.81. The summed E-state index contributed by atoms with van der Waals surface area (Å²) in [6, 6.07) is 1.86. The minimum atomic E-state index is 0.330. The van der Waals surface area contributed by atoms with Crippen molar-refractivity contribution >= 4 is 0 Å². The predicted molar refractivity (Wildman–Crippen MR) is 20.4 cm³/mol. The Morgan fingerprint density at radius 1 is 1.83 bits per heavy atom. The molecule has 0 aromatic rings. The third kappa shape index (κ3) is 3.41. The predicted octanol–water partition coefficient (Wildman–Crippen LogP) is -0.210. The lowest BCUT2D eigenvalue weighted by molar-refractivity contribution is 0.144. The molecule has 6 heavy (non-hydrogen) atoms. The van der Waals surface area contributed by atoms with E-state index in [-0.39, 0.29) is 0 Å². The normalized spacial score (nSPS) is 7.33. The fourth-order valence-electron chi connectivity index (χ4n) is 0.105. The largest absolute Gasteiger partial charge is 0.304 e. The van der Waals surface area contributed by atoms with Gasteiger partial charge in [-0.3, -0.25) is 0 Å². The molecule has 0 aromatic carbocycles. The van der Waals surface area contributed by atoms with E-state index in [4.69, 9.17) is 5.26 Å². The molecular weight excluding hydrogens is 80.0 g/mol. The van der Waals surface area contributed by atoms with Crippen LogP contribution in [0.3, 0.4) is 0 Å². The van der Waals surface area contributed by atoms with Crippen molar-refractivity contribution in [2.45, 2.75) is 6.42 Å². The van der Waals surface area contributed by atoms with Crippen LogP contribution in [0.1, 0.15) is 6.42 Å². The van der Waals surface area contributed by atoms with E-state index in [1.165, 1.54) is 0 Å². The highest BCUT2D eigenvalue weighted by atomic mass is 16.6. The van der Waals surface area contributed by atoms with E-state index >= 15 is 0 Å². The zero-order valence-electron chi connectivity index (χ0n) is 3.35. The van der Waals surface area contributed by atoms with Gasteiger partial charge in [0.1, 0.15) is 0 Å². The van der Waals surface area contributed by atoms with Gasteiger partial charge in [0.2, 0.25) is 0 Å². The molecule has 0 spiro atoms. The number of nitrogens with zero attached hydrogens (tertiary/aromatic N) is 1. The maximum absolute atomic E-state index is 7.81. The summed E-state index contributed by atoms with van der Waals surface area (Å²) < 4.78 is 0. The van der Waals surface area contributed by atoms with Crippen molar-refractivity contribution in [2.24, 2.45) is 5.90 Å². The first-order chi connectivity index (χ1) is 2.91. The molecule has 0 aliphatic rings. The summed E-state index contributed by atoms with van der Waals surface area (Å²) in [6.07, 6.45) is 0.372. The summed E-state index contributed by atoms with van der Waals surface area (Å²) in [7, 11) is 0. The standard InChI is InChI=1S/C3H6N2O/c4-2-1-3-6-5/h1,3,5H2. The number of nitrogens with two attached hydrogens (primary N) is 1. The van der Waals surface area contributed by atoms with Gasteiger partial charge in [-0.1, -0.05) is 0 Å². The molecule has 0 heterocycles. The van der Waals surface area contributed by atoms with Crippen LogP contribution in [-0.4, -0.2) is 6.61 Å². The van der Waals surface area contributed by atoms with Crippen LogP contribution in [0.5, 0.6) is 0 Å². The SMILES string of the molecule is N#CCCON. The van der Waals surface area contributed by atoms with E-state index in [0.717, 1.165) is 0 Å². The maximum Gasteiger partial charge on any atom is 0.0809 e. The van der Waals surface area contributed by atoms with Gasteiger partial charge < -0.3 is 4.84 Å². The molecule has 3 heteroatoms. The fourth-order valence-corrected chi connectivity index (χ4v) is 0.105. The van der Waals surface area contributed by atoms with Crippen LogP contribution < -0.4 is 5.90 Å². The van der Waals surface area contributed by atoms with Crippen molar-refractivity contribution in [3.8, 4) is 6.07 Å². The highest BCUT2D eigenvalue weighted by molar-refractivity contribution is 4.66. The van der Waals surface area contributed by atoms with Crippen LogP contribution in [0.25, 0.3) is 0 Å². The lowest BCUT2D eigenvalue weighted by Crippen LogP contribution is -1.98. The third-order valence-corrected chi connectivity index (χ3v) is 0.332. The van der Waals surface area contributed by atoms with Gasteiger partial charge in [0.05, 0.1) is 19.1 Å². The molecular formula is C3H6N2O. The Morgan fingerprint density at radius 2 is 2.50 bits per heavy atom. The molecule has 0 radical (unpaired) electrons. The first-order valence-electron chi connectivity index (χ1n) is 1.60. The molecule has 0 rings (SSSR count). The van der Waals surface area contributed by atoms with Gasteiger partial charge in [0, 0.05) is 0 Å². The zero-order chi connectivity index (χ0) is 4.83. The molecule has 3 nitrogen and oxygen atoms in total. The Balaban J connectivity index is 2.54. The van der Waals surface area contributed by atoms with Crippen LogP contribution in [-0.2, 0) is 4.84 Å². The third-order valence-electron chi connectivity index (χ3n) is 0.332. The second-order valence-electron chi connectivity index (χ2n) is 0.779. The van der Waals surface area contributed by atoms with Crippen LogP contribution in [0.4, 0.5) is 0 Å². The average Bonchev–Trinajstić information content (AvgIpc) is 1.61. The summed E-state index contributed by atoms with van der Waals surface area (Å²) in [4.78, 5) is 4.06. The molecule has 0 amide bonds. The van der Waals surface area contributed by atoms with Gasteiger partial charge in [-0.05, 0) is 0 Å². The van der Waals surface area contributed by atoms with Gasteiger partial charge in [-0.15, -0.1) is 0 Å². The fraction of sp³-hybridized carbons (Fsp3) is 0.667. The van der Waals surface area contributed by atoms with E-state index < -0.39 is 0 Å². The highest BCUT2D eigenvalue weighted by Gasteiger charge is 1.74. The first-order valence-corrected chi connectivity index (χ1v) is 1.60. The van der Waals surface area contributed by atoms with E-state index in [1.807, 2.05) is 6.07 Å². The molecule has 0 saturated carbocycles. The zero-order valence-corrected chi connectivity index (χ0v) is 3.35. The Hall–Kier alpha value is -0.590. The van der Waals surface area contributed by atoms with Crippen LogP contribution >= 0.6 is 0 Å². The number of hydrogen-bond donors (Lipinski definition) is 1. The lowest BCUT2D eigenvalue weighted by atomic mass is 10.5. The Bertz CT molecular complexity index is 56.3. The second kappa shape index (κ2) is 4.41. The van der Waals surface area contributed by atoms with Gasteiger partial charge in [0.15, 0.2) is 0 Å². The van der Waals surface area contributed by atoms with Gasteiger partial charge in [-0.2, -0.15) is 5.26 Å². The van der Waals surface area contributed by atoms with Gasteiger partial charge in [0.25, 0.3) is 0 Å². The smallest absolute Gasteiger partial charge is 0.0809 e. The highest BCUT2D eigenvalue weighted by Crippen LogP contribution is 1.68. The van der Waals surface area contributed by atoms with Crippen LogP contribution in [0.2, 0.25) is 0 Å². The van der Waals surface area contributed by atoms with Crippen LogP contribution in [0.15, 0.2) is 0 Å². The van der Waals surface area contributed by atoms with E-state index in [0.29, 0.717) is 13.0 Å². The van der Waals surface area contributed by atoms with E-state index in [9.17, 15) is 0 Å². The van der Waals surface area contributed by atoms with Gasteiger partial charge in [-0.25, -0.2) is 5.90 Å². The van der Waals surface area contributed by atoms with E-state index in [2.05, 4.69) is 10.7 Å². The molecule has 2 N–H and O–H groups in total. The minimum Gasteiger partial charge on any atom is -0.304 e. The minimum absolute atomic E-state index is 0.330. The van der Waals surface area contributed by atoms with Crippen molar-refractivity contribution in [1.82, 2.24) is 0 Å². The number of rotatable bonds is 2. The Morgan fingerprint density at radius 3 is 2.67 bits per heavy atom. The van der Waals surface area contributed by atoms with Crippen molar-refractivity contribution in [3.05, 3.63) is 0 Å². The van der Waals surface area contributed by atoms with Crippen molar-refractivity contribution < 1.29 is 4.84 Å². The summed E-state index contributed by atoms with van der Waals surface area (Å²) in [6.45, 7) is 0.330. The van der Waals surface area contributed by atoms with Crippen LogP contribution in [0, 0.1) is 11.3 Å². The average molecular weight is 86.1 g/mol. The molecule has 0 aliphatic carbocycles. The lowest BCUT2D eigenvalue weighted by Gasteiger charge is -1.82. The molecule has 0 saturated heterocycles. The summed E-state index contributed by atoms with van der Waals surface area (Å²) in [5, 5.41) is 7.81. The molecule has 0 aliphatic heterocycles. The first kappa shape index (κ1) is 5.41. The number of hydrogen-bond acceptors (Lipinski definition) is 3. The molecule has 0 fully saturated rings. The summed E-state index contributed by atoms with van der Waals surface area (Å²) in [5.41, 5.74) is 0. The topological polar surface area (TPSA) is 59.0 Å².